The Kier molecular flexibility index (Phi) is 3.40. The van der Waals surface area contributed by atoms with E-state index in [0.717, 1.165) is 30.3 Å². The summed E-state index contributed by atoms with van der Waals surface area (Å²) in [5.74, 6) is 1.77. The van der Waals surface area contributed by atoms with E-state index in [1.165, 1.54) is 5.56 Å². The Bertz CT molecular complexity index is 663. The monoisotopic (exact) mass is 297 g/mol. The van der Waals surface area contributed by atoms with Crippen LogP contribution in [0.4, 0.5) is 11.6 Å². The van der Waals surface area contributed by atoms with Gasteiger partial charge in [0.1, 0.15) is 24.2 Å². The van der Waals surface area contributed by atoms with Crippen LogP contribution >= 0.6 is 0 Å². The molecule has 6 nitrogen and oxygen atoms in total. The first-order valence-electron chi connectivity index (χ1n) is 7.53. The van der Waals surface area contributed by atoms with Gasteiger partial charge in [-0.3, -0.25) is 5.32 Å². The highest BCUT2D eigenvalue weighted by Gasteiger charge is 2.34. The second-order valence-corrected chi connectivity index (χ2v) is 5.76. The van der Waals surface area contributed by atoms with Crippen LogP contribution in [0, 0.1) is 0 Å². The molecule has 0 radical (unpaired) electrons. The lowest BCUT2D eigenvalue weighted by Gasteiger charge is -2.24. The number of aromatic nitrogens is 2. The summed E-state index contributed by atoms with van der Waals surface area (Å²) in [6, 6.07) is 10.7. The van der Waals surface area contributed by atoms with E-state index in [1.54, 1.807) is 6.33 Å². The maximum absolute atomic E-state index is 5.87. The van der Waals surface area contributed by atoms with Crippen LogP contribution in [0.2, 0.25) is 0 Å². The zero-order valence-corrected chi connectivity index (χ0v) is 12.5. The van der Waals surface area contributed by atoms with Gasteiger partial charge >= 0.3 is 0 Å². The van der Waals surface area contributed by atoms with Crippen molar-refractivity contribution >= 4 is 11.6 Å². The highest BCUT2D eigenvalue weighted by Crippen LogP contribution is 2.35. The summed E-state index contributed by atoms with van der Waals surface area (Å²) in [6.07, 6.45) is 1.48. The zero-order chi connectivity index (χ0) is 14.9. The van der Waals surface area contributed by atoms with Gasteiger partial charge in [-0.15, -0.1) is 0 Å². The number of hydrogen-bond donors (Lipinski definition) is 2. The normalized spacial score (nSPS) is 22.6. The Morgan fingerprint density at radius 1 is 1.27 bits per heavy atom. The van der Waals surface area contributed by atoms with Gasteiger partial charge in [0.2, 0.25) is 0 Å². The third-order valence-corrected chi connectivity index (χ3v) is 4.12. The minimum atomic E-state index is -0.135. The van der Waals surface area contributed by atoms with Gasteiger partial charge in [0.15, 0.2) is 0 Å². The van der Waals surface area contributed by atoms with Crippen LogP contribution < -0.4 is 15.5 Å². The molecule has 22 heavy (non-hydrogen) atoms. The van der Waals surface area contributed by atoms with E-state index >= 15 is 0 Å². The Morgan fingerprint density at radius 2 is 2.14 bits per heavy atom. The van der Waals surface area contributed by atoms with Crippen molar-refractivity contribution < 1.29 is 4.74 Å². The number of benzene rings is 1. The second-order valence-electron chi connectivity index (χ2n) is 5.76. The molecule has 114 valence electrons. The van der Waals surface area contributed by atoms with Crippen molar-refractivity contribution in [1.29, 1.82) is 0 Å². The molecule has 2 N–H and O–H groups in total. The molecule has 6 heteroatoms. The van der Waals surface area contributed by atoms with Crippen molar-refractivity contribution in [1.82, 2.24) is 15.3 Å². The van der Waals surface area contributed by atoms with Crippen LogP contribution in [-0.4, -0.2) is 36.2 Å². The maximum atomic E-state index is 5.87. The predicted molar refractivity (Wildman–Crippen MR) is 84.7 cm³/mol. The van der Waals surface area contributed by atoms with Crippen molar-refractivity contribution in [2.75, 3.05) is 30.4 Å². The lowest BCUT2D eigenvalue weighted by Crippen LogP contribution is -2.30. The molecule has 1 aromatic carbocycles. The van der Waals surface area contributed by atoms with E-state index in [1.807, 2.05) is 13.1 Å². The molecule has 2 aromatic rings. The fourth-order valence-corrected chi connectivity index (χ4v) is 3.03. The molecular formula is C16H19N5O. The van der Waals surface area contributed by atoms with Crippen LogP contribution in [-0.2, 0) is 11.3 Å². The molecule has 2 bridgehead atoms. The lowest BCUT2D eigenvalue weighted by molar-refractivity contribution is 0.100. The number of hydrogen-bond acceptors (Lipinski definition) is 6. The number of anilines is 2. The number of nitrogens with one attached hydrogen (secondary N) is 2. The summed E-state index contributed by atoms with van der Waals surface area (Å²) in [5.41, 5.74) is 2.25. The molecule has 2 aliphatic rings. The van der Waals surface area contributed by atoms with E-state index < -0.39 is 0 Å². The Morgan fingerprint density at radius 3 is 3.00 bits per heavy atom. The van der Waals surface area contributed by atoms with Gasteiger partial charge in [0.25, 0.3) is 0 Å². The molecule has 1 saturated heterocycles. The van der Waals surface area contributed by atoms with Gasteiger partial charge in [0.05, 0.1) is 18.2 Å². The van der Waals surface area contributed by atoms with Gasteiger partial charge in [-0.1, -0.05) is 30.3 Å². The van der Waals surface area contributed by atoms with Gasteiger partial charge < -0.3 is 15.0 Å². The highest BCUT2D eigenvalue weighted by molar-refractivity contribution is 5.60. The van der Waals surface area contributed by atoms with Gasteiger partial charge in [0, 0.05) is 20.1 Å². The topological polar surface area (TPSA) is 62.3 Å². The maximum Gasteiger partial charge on any atom is 0.141 e. The Balaban J connectivity index is 1.67. The molecule has 4 rings (SSSR count). The standard InChI is InChI=1S/C16H19N5O/c1-21(8-11-5-3-2-4-6-11)15-13-14(18-10-19-15)17-7-12-9-22-16(13)20-12/h2-6,10,12,16,20H,7-9H2,1H3,(H,17,18,19)/t12-,16-/m1/s1. The molecule has 3 heterocycles. The molecule has 0 amide bonds. The van der Waals surface area contributed by atoms with Crippen LogP contribution in [0.25, 0.3) is 0 Å². The van der Waals surface area contributed by atoms with Crippen molar-refractivity contribution in [3.05, 3.63) is 47.8 Å². The summed E-state index contributed by atoms with van der Waals surface area (Å²) in [7, 11) is 2.05. The van der Waals surface area contributed by atoms with Crippen molar-refractivity contribution in [2.45, 2.75) is 18.8 Å². The van der Waals surface area contributed by atoms with Crippen LogP contribution in [0.5, 0.6) is 0 Å². The Labute approximate surface area is 129 Å². The predicted octanol–water partition coefficient (Wildman–Crippen LogP) is 1.53. The van der Waals surface area contributed by atoms with E-state index in [-0.39, 0.29) is 6.23 Å². The van der Waals surface area contributed by atoms with E-state index in [2.05, 4.69) is 49.8 Å². The molecule has 0 spiro atoms. The number of nitrogens with zero attached hydrogens (tertiary/aromatic N) is 3. The average Bonchev–Trinajstić information content (AvgIpc) is 2.93. The van der Waals surface area contributed by atoms with Crippen LogP contribution in [0.3, 0.4) is 0 Å². The Hall–Kier alpha value is -2.18. The number of fused-ring (bicyclic) bond motifs is 4. The summed E-state index contributed by atoms with van der Waals surface area (Å²) in [6.45, 7) is 2.33. The first-order chi connectivity index (χ1) is 10.8. The lowest BCUT2D eigenvalue weighted by atomic mass is 10.2. The zero-order valence-electron chi connectivity index (χ0n) is 12.5. The minimum absolute atomic E-state index is 0.135. The molecule has 1 fully saturated rings. The second kappa shape index (κ2) is 5.55. The molecular weight excluding hydrogens is 278 g/mol. The van der Waals surface area contributed by atoms with Gasteiger partial charge in [-0.25, -0.2) is 9.97 Å². The first-order valence-corrected chi connectivity index (χ1v) is 7.53. The molecule has 0 aliphatic carbocycles. The largest absolute Gasteiger partial charge is 0.368 e. The van der Waals surface area contributed by atoms with Gasteiger partial charge in [-0.05, 0) is 5.56 Å². The SMILES string of the molecule is CN(Cc1ccccc1)c1ncnc2c1[C@@H]1N[C@H](CN2)CO1. The minimum Gasteiger partial charge on any atom is -0.368 e. The van der Waals surface area contributed by atoms with Crippen molar-refractivity contribution in [3.63, 3.8) is 0 Å². The fourth-order valence-electron chi connectivity index (χ4n) is 3.03. The van der Waals surface area contributed by atoms with E-state index in [4.69, 9.17) is 4.74 Å². The average molecular weight is 297 g/mol. The summed E-state index contributed by atoms with van der Waals surface area (Å²) < 4.78 is 5.87. The smallest absolute Gasteiger partial charge is 0.141 e. The number of ether oxygens (including phenoxy) is 1. The third kappa shape index (κ3) is 2.40. The molecule has 2 aliphatic heterocycles. The first kappa shape index (κ1) is 13.5. The number of rotatable bonds is 3. The molecule has 2 atom stereocenters. The summed E-state index contributed by atoms with van der Waals surface area (Å²) >= 11 is 0. The summed E-state index contributed by atoms with van der Waals surface area (Å²) in [5, 5.41) is 6.87. The quantitative estimate of drug-likeness (QED) is 0.896. The summed E-state index contributed by atoms with van der Waals surface area (Å²) in [4.78, 5) is 11.0. The molecule has 1 aromatic heterocycles. The molecule has 0 unspecified atom stereocenters. The van der Waals surface area contributed by atoms with Crippen molar-refractivity contribution in [2.24, 2.45) is 0 Å². The van der Waals surface area contributed by atoms with Gasteiger partial charge in [-0.2, -0.15) is 0 Å². The highest BCUT2D eigenvalue weighted by atomic mass is 16.5. The van der Waals surface area contributed by atoms with Crippen LogP contribution in [0.15, 0.2) is 36.7 Å². The van der Waals surface area contributed by atoms with E-state index in [0.29, 0.717) is 12.6 Å². The third-order valence-electron chi connectivity index (χ3n) is 4.12. The molecule has 0 saturated carbocycles. The fraction of sp³-hybridized carbons (Fsp3) is 0.375. The van der Waals surface area contributed by atoms with Crippen LogP contribution in [0.1, 0.15) is 17.4 Å². The van der Waals surface area contributed by atoms with E-state index in [9.17, 15) is 0 Å². The van der Waals surface area contributed by atoms with Crippen molar-refractivity contribution in [3.8, 4) is 0 Å².